The van der Waals surface area contributed by atoms with Crippen LogP contribution >= 0.6 is 7.26 Å². The molecule has 4 rings (SSSR count). The fourth-order valence-electron chi connectivity index (χ4n) is 3.66. The highest BCUT2D eigenvalue weighted by atomic mass is 127. The van der Waals surface area contributed by atoms with Gasteiger partial charge in [-0.1, -0.05) is 72.3 Å². The van der Waals surface area contributed by atoms with Gasteiger partial charge in [0.15, 0.2) is 5.49 Å². The van der Waals surface area contributed by atoms with Crippen molar-refractivity contribution in [2.75, 3.05) is 5.49 Å². The Hall–Kier alpha value is -1.81. The maximum Gasteiger partial charge on any atom is 0.152 e. The molecule has 0 fully saturated rings. The van der Waals surface area contributed by atoms with Crippen molar-refractivity contribution in [3.05, 3.63) is 121 Å². The van der Waals surface area contributed by atoms with Gasteiger partial charge in [0.1, 0.15) is 23.2 Å². The van der Waals surface area contributed by atoms with E-state index in [2.05, 4.69) is 79.7 Å². The standard InChI is InChI=1S/C26H24OPS.HI/c1-22-17-19-26(20-18-22)29(27)21-28(23-11-5-2-6-12-23,24-13-7-3-8-14-24)25-15-9-4-10-16-25;/h2-20H,21H2,1H3;1H/q+1;/p-1. The first-order valence-electron chi connectivity index (χ1n) is 9.70. The molecule has 1 atom stereocenters. The lowest BCUT2D eigenvalue weighted by Gasteiger charge is -2.27. The summed E-state index contributed by atoms with van der Waals surface area (Å²) in [5.74, 6) is 0. The molecule has 0 bridgehead atoms. The van der Waals surface area contributed by atoms with Crippen molar-refractivity contribution in [3.8, 4) is 0 Å². The normalized spacial score (nSPS) is 12.0. The van der Waals surface area contributed by atoms with Crippen LogP contribution in [0, 0.1) is 6.92 Å². The molecule has 0 N–H and O–H groups in total. The lowest BCUT2D eigenvalue weighted by Crippen LogP contribution is -3.00. The molecule has 0 heterocycles. The second-order valence-electron chi connectivity index (χ2n) is 7.10. The Morgan fingerprint density at radius 3 is 1.33 bits per heavy atom. The highest BCUT2D eigenvalue weighted by Gasteiger charge is 2.47. The van der Waals surface area contributed by atoms with Crippen molar-refractivity contribution in [1.82, 2.24) is 0 Å². The van der Waals surface area contributed by atoms with Gasteiger partial charge in [-0.3, -0.25) is 4.21 Å². The molecule has 30 heavy (non-hydrogen) atoms. The third-order valence-corrected chi connectivity index (χ3v) is 12.0. The van der Waals surface area contributed by atoms with Crippen molar-refractivity contribution in [3.63, 3.8) is 0 Å². The molecule has 1 nitrogen and oxygen atoms in total. The predicted octanol–water partition coefficient (Wildman–Crippen LogP) is 2.06. The zero-order valence-electron chi connectivity index (χ0n) is 16.8. The summed E-state index contributed by atoms with van der Waals surface area (Å²) in [6.07, 6.45) is 0. The Labute approximate surface area is 199 Å². The molecule has 4 aromatic carbocycles. The van der Waals surface area contributed by atoms with Crippen LogP contribution in [0.3, 0.4) is 0 Å². The second kappa shape index (κ2) is 10.5. The van der Waals surface area contributed by atoms with E-state index in [-0.39, 0.29) is 24.0 Å². The molecule has 0 saturated carbocycles. The van der Waals surface area contributed by atoms with Gasteiger partial charge in [0, 0.05) is 4.90 Å². The van der Waals surface area contributed by atoms with Gasteiger partial charge in [0.05, 0.1) is 10.8 Å². The van der Waals surface area contributed by atoms with Crippen molar-refractivity contribution in [1.29, 1.82) is 0 Å². The topological polar surface area (TPSA) is 17.1 Å². The Morgan fingerprint density at radius 2 is 0.967 bits per heavy atom. The van der Waals surface area contributed by atoms with Crippen LogP contribution in [0.5, 0.6) is 0 Å². The summed E-state index contributed by atoms with van der Waals surface area (Å²) in [6, 6.07) is 39.9. The highest BCUT2D eigenvalue weighted by Crippen LogP contribution is 2.56. The maximum absolute atomic E-state index is 13.6. The van der Waals surface area contributed by atoms with Crippen LogP contribution in [-0.4, -0.2) is 9.70 Å². The van der Waals surface area contributed by atoms with Crippen LogP contribution in [0.1, 0.15) is 5.56 Å². The number of halogens is 1. The van der Waals surface area contributed by atoms with Crippen molar-refractivity contribution in [2.24, 2.45) is 0 Å². The monoisotopic (exact) mass is 542 g/mol. The Morgan fingerprint density at radius 1 is 0.600 bits per heavy atom. The third-order valence-electron chi connectivity index (χ3n) is 5.19. The average molecular weight is 542 g/mol. The summed E-state index contributed by atoms with van der Waals surface area (Å²) >= 11 is 0. The molecule has 4 heteroatoms. The summed E-state index contributed by atoms with van der Waals surface area (Å²) in [6.45, 7) is 2.06. The highest BCUT2D eigenvalue weighted by molar-refractivity contribution is 8.06. The van der Waals surface area contributed by atoms with Gasteiger partial charge in [0.2, 0.25) is 0 Å². The number of benzene rings is 4. The van der Waals surface area contributed by atoms with Gasteiger partial charge in [-0.15, -0.1) is 0 Å². The Bertz CT molecular complexity index is 988. The molecule has 0 spiro atoms. The van der Waals surface area contributed by atoms with E-state index in [0.717, 1.165) is 4.90 Å². The molecule has 0 aliphatic carbocycles. The first-order valence-corrected chi connectivity index (χ1v) is 13.0. The molecule has 152 valence electrons. The lowest BCUT2D eigenvalue weighted by atomic mass is 10.2. The minimum Gasteiger partial charge on any atom is -1.00 e. The number of rotatable bonds is 6. The SMILES string of the molecule is Cc1ccc(S(=O)C[P+](c2ccccc2)(c2ccccc2)c2ccccc2)cc1.[I-]. The quantitative estimate of drug-likeness (QED) is 0.270. The van der Waals surface area contributed by atoms with E-state index in [9.17, 15) is 4.21 Å². The minimum absolute atomic E-state index is 0. The van der Waals surface area contributed by atoms with Gasteiger partial charge in [-0.2, -0.15) is 0 Å². The van der Waals surface area contributed by atoms with E-state index >= 15 is 0 Å². The van der Waals surface area contributed by atoms with E-state index in [1.54, 1.807) is 0 Å². The van der Waals surface area contributed by atoms with Gasteiger partial charge >= 0.3 is 0 Å². The Balaban J connectivity index is 0.00000256. The van der Waals surface area contributed by atoms with E-state index < -0.39 is 18.1 Å². The van der Waals surface area contributed by atoms with Gasteiger partial charge in [0.25, 0.3) is 0 Å². The molecule has 0 aromatic heterocycles. The molecule has 0 saturated heterocycles. The fourth-order valence-corrected chi connectivity index (χ4v) is 10.8. The molecule has 0 aliphatic heterocycles. The minimum atomic E-state index is -2.09. The largest absolute Gasteiger partial charge is 1.00 e. The number of hydrogen-bond acceptors (Lipinski definition) is 1. The first kappa shape index (κ1) is 22.9. The third kappa shape index (κ3) is 4.74. The fraction of sp³-hybridized carbons (Fsp3) is 0.0769. The summed E-state index contributed by atoms with van der Waals surface area (Å²) in [7, 11) is -3.20. The average Bonchev–Trinajstić information content (AvgIpc) is 2.79. The summed E-state index contributed by atoms with van der Waals surface area (Å²) in [5, 5.41) is 3.79. The number of aryl methyl sites for hydroxylation is 1. The molecule has 0 radical (unpaired) electrons. The van der Waals surface area contributed by atoms with Crippen molar-refractivity contribution < 1.29 is 28.2 Å². The Kier molecular flexibility index (Phi) is 7.99. The van der Waals surface area contributed by atoms with Crippen molar-refractivity contribution >= 4 is 34.0 Å². The molecular formula is C26H24IOPS. The van der Waals surface area contributed by atoms with E-state index in [1.807, 2.05) is 42.5 Å². The number of hydrogen-bond donors (Lipinski definition) is 0. The lowest BCUT2D eigenvalue weighted by molar-refractivity contribution is -0.00000675. The van der Waals surface area contributed by atoms with Crippen LogP contribution < -0.4 is 39.9 Å². The van der Waals surface area contributed by atoms with Crippen LogP contribution in [0.15, 0.2) is 120 Å². The smallest absolute Gasteiger partial charge is 0.152 e. The molecule has 4 aromatic rings. The van der Waals surface area contributed by atoms with Crippen LogP contribution in [0.4, 0.5) is 0 Å². The van der Waals surface area contributed by atoms with Crippen LogP contribution in [0.2, 0.25) is 0 Å². The zero-order chi connectivity index (χ0) is 20.1. The molecule has 0 amide bonds. The van der Waals surface area contributed by atoms with Gasteiger partial charge in [-0.25, -0.2) is 0 Å². The molecule has 0 aliphatic rings. The predicted molar refractivity (Wildman–Crippen MR) is 128 cm³/mol. The second-order valence-corrected chi connectivity index (χ2v) is 12.5. The van der Waals surface area contributed by atoms with Crippen LogP contribution in [0.25, 0.3) is 0 Å². The summed E-state index contributed by atoms with van der Waals surface area (Å²) in [4.78, 5) is 0.891. The zero-order valence-corrected chi connectivity index (χ0v) is 20.7. The van der Waals surface area contributed by atoms with Gasteiger partial charge < -0.3 is 24.0 Å². The first-order chi connectivity index (χ1) is 14.2. The van der Waals surface area contributed by atoms with E-state index in [0.29, 0.717) is 5.49 Å². The molecular weight excluding hydrogens is 518 g/mol. The van der Waals surface area contributed by atoms with E-state index in [1.165, 1.54) is 21.5 Å². The van der Waals surface area contributed by atoms with Crippen molar-refractivity contribution in [2.45, 2.75) is 11.8 Å². The van der Waals surface area contributed by atoms with E-state index in [4.69, 9.17) is 0 Å². The summed E-state index contributed by atoms with van der Waals surface area (Å²) < 4.78 is 13.6. The summed E-state index contributed by atoms with van der Waals surface area (Å²) in [5.41, 5.74) is 1.77. The molecule has 1 unspecified atom stereocenters. The van der Waals surface area contributed by atoms with Crippen LogP contribution in [-0.2, 0) is 10.8 Å². The van der Waals surface area contributed by atoms with Gasteiger partial charge in [-0.05, 0) is 55.5 Å². The maximum atomic E-state index is 13.6.